The maximum Gasteiger partial charge on any atom is 0.203 e. The van der Waals surface area contributed by atoms with Gasteiger partial charge >= 0.3 is 0 Å². The molecule has 10 heteroatoms. The Bertz CT molecular complexity index is 946. The molecule has 30 heavy (non-hydrogen) atoms. The lowest BCUT2D eigenvalue weighted by Crippen LogP contribution is -2.60. The highest BCUT2D eigenvalue weighted by atomic mass is 32.2. The van der Waals surface area contributed by atoms with Crippen LogP contribution in [0.25, 0.3) is 0 Å². The van der Waals surface area contributed by atoms with E-state index in [0.29, 0.717) is 30.1 Å². The van der Waals surface area contributed by atoms with Crippen LogP contribution in [0.1, 0.15) is 38.2 Å². The van der Waals surface area contributed by atoms with Gasteiger partial charge in [-0.25, -0.2) is 13.4 Å². The zero-order chi connectivity index (χ0) is 22.1. The second kappa shape index (κ2) is 8.43. The third-order valence-corrected chi connectivity index (χ3v) is 7.38. The summed E-state index contributed by atoms with van der Waals surface area (Å²) in [4.78, 5) is 8.49. The molecule has 0 bridgehead atoms. The molecular weight excluding hydrogens is 408 g/mol. The molecule has 0 spiro atoms. The van der Waals surface area contributed by atoms with E-state index in [9.17, 15) is 8.42 Å². The molecule has 2 heterocycles. The van der Waals surface area contributed by atoms with E-state index in [1.165, 1.54) is 0 Å². The van der Waals surface area contributed by atoms with E-state index >= 15 is 0 Å². The minimum absolute atomic E-state index is 0.0684. The fraction of sp³-hybridized carbons (Fsp3) is 0.600. The molecule has 0 amide bonds. The molecule has 0 radical (unpaired) electrons. The van der Waals surface area contributed by atoms with E-state index in [1.807, 2.05) is 19.9 Å². The highest BCUT2D eigenvalue weighted by Crippen LogP contribution is 2.42. The van der Waals surface area contributed by atoms with Crippen LogP contribution in [0.5, 0.6) is 17.2 Å². The van der Waals surface area contributed by atoms with Gasteiger partial charge in [0.15, 0.2) is 17.8 Å². The summed E-state index contributed by atoms with van der Waals surface area (Å²) in [7, 11) is 0.0612. The number of hydrogen-bond donors (Lipinski definition) is 2. The summed E-state index contributed by atoms with van der Waals surface area (Å²) in [5.74, 6) is 1.89. The highest BCUT2D eigenvalue weighted by Gasteiger charge is 2.48. The van der Waals surface area contributed by atoms with Crippen LogP contribution in [-0.2, 0) is 9.84 Å². The number of aliphatic imine (C=N–C) groups is 2. The lowest BCUT2D eigenvalue weighted by atomic mass is 9.81. The zero-order valence-electron chi connectivity index (χ0n) is 17.8. The molecule has 1 aromatic rings. The van der Waals surface area contributed by atoms with Crippen LogP contribution in [0.3, 0.4) is 0 Å². The van der Waals surface area contributed by atoms with Crippen molar-refractivity contribution in [1.82, 2.24) is 0 Å². The first-order valence-corrected chi connectivity index (χ1v) is 11.7. The molecule has 2 atom stereocenters. The van der Waals surface area contributed by atoms with Gasteiger partial charge in [-0.3, -0.25) is 10.7 Å². The largest absolute Gasteiger partial charge is 0.493 e. The number of nitrogens with zero attached hydrogens (tertiary/aromatic N) is 2. The van der Waals surface area contributed by atoms with Crippen molar-refractivity contribution in [3.63, 3.8) is 0 Å². The van der Waals surface area contributed by atoms with Gasteiger partial charge in [-0.2, -0.15) is 0 Å². The van der Waals surface area contributed by atoms with Crippen LogP contribution < -0.4 is 25.7 Å². The smallest absolute Gasteiger partial charge is 0.203 e. The van der Waals surface area contributed by atoms with E-state index in [-0.39, 0.29) is 29.2 Å². The van der Waals surface area contributed by atoms with Crippen molar-refractivity contribution < 1.29 is 22.6 Å². The summed E-state index contributed by atoms with van der Waals surface area (Å²) < 4.78 is 41.4. The topological polar surface area (TPSA) is 139 Å². The lowest BCUT2D eigenvalue weighted by molar-refractivity contribution is 0.130. The second-order valence-corrected chi connectivity index (χ2v) is 10.2. The van der Waals surface area contributed by atoms with E-state index in [2.05, 4.69) is 9.98 Å². The van der Waals surface area contributed by atoms with Gasteiger partial charge in [0.1, 0.15) is 21.4 Å². The molecule has 2 unspecified atom stereocenters. The highest BCUT2D eigenvalue weighted by molar-refractivity contribution is 7.91. The van der Waals surface area contributed by atoms with Gasteiger partial charge in [0.25, 0.3) is 0 Å². The van der Waals surface area contributed by atoms with Gasteiger partial charge in [0.05, 0.1) is 31.9 Å². The third-order valence-electron chi connectivity index (χ3n) is 5.67. The summed E-state index contributed by atoms with van der Waals surface area (Å²) >= 11 is 0. The van der Waals surface area contributed by atoms with Crippen molar-refractivity contribution in [1.29, 1.82) is 0 Å². The molecule has 9 nitrogen and oxygen atoms in total. The minimum atomic E-state index is -3.07. The second-order valence-electron chi connectivity index (χ2n) is 7.93. The van der Waals surface area contributed by atoms with Gasteiger partial charge in [0.2, 0.25) is 5.60 Å². The molecule has 166 valence electrons. The zero-order valence-corrected chi connectivity index (χ0v) is 18.6. The van der Waals surface area contributed by atoms with Crippen molar-refractivity contribution in [3.05, 3.63) is 17.7 Å². The number of nitrogens with two attached hydrogens (primary N) is 2. The van der Waals surface area contributed by atoms with Gasteiger partial charge in [-0.1, -0.05) is 13.8 Å². The molecular formula is C20H30N4O5S. The van der Waals surface area contributed by atoms with Crippen molar-refractivity contribution in [2.45, 2.75) is 44.5 Å². The van der Waals surface area contributed by atoms with Gasteiger partial charge in [0, 0.05) is 17.5 Å². The lowest BCUT2D eigenvalue weighted by Gasteiger charge is -2.41. The first-order valence-electron chi connectivity index (χ1n) is 9.91. The molecule has 1 saturated heterocycles. The number of sulfone groups is 1. The number of hydrogen-bond acceptors (Lipinski definition) is 9. The monoisotopic (exact) mass is 438 g/mol. The number of ether oxygens (including phenoxy) is 3. The number of amidine groups is 1. The Morgan fingerprint density at radius 2 is 1.70 bits per heavy atom. The Labute approximate surface area is 177 Å². The summed E-state index contributed by atoms with van der Waals surface area (Å²) in [6, 6.07) is 3.63. The summed E-state index contributed by atoms with van der Waals surface area (Å²) in [6.07, 6.45) is 1.57. The van der Waals surface area contributed by atoms with Crippen molar-refractivity contribution in [3.8, 4) is 17.2 Å². The van der Waals surface area contributed by atoms with Gasteiger partial charge < -0.3 is 19.9 Å². The molecule has 1 aromatic carbocycles. The summed E-state index contributed by atoms with van der Waals surface area (Å²) in [6.45, 7) is 4.08. The Kier molecular flexibility index (Phi) is 6.28. The fourth-order valence-corrected chi connectivity index (χ4v) is 5.41. The predicted molar refractivity (Wildman–Crippen MR) is 116 cm³/mol. The van der Waals surface area contributed by atoms with Crippen molar-refractivity contribution in [2.24, 2.45) is 27.4 Å². The minimum Gasteiger partial charge on any atom is -0.493 e. The molecule has 1 fully saturated rings. The number of methoxy groups -OCH3 is 2. The molecule has 2 aliphatic rings. The standard InChI is InChI=1S/C20H30N4O5S/c1-12(2)14-9-16(27-3)17(28-4)10-15(14)29-20(11-23-19(22)24-18(20)21)13-5-7-30(25,26)8-6-13/h9-13,19H,5-8,22H2,1-4H3,(H2,21,24). The normalized spacial score (nSPS) is 26.3. The van der Waals surface area contributed by atoms with E-state index in [4.69, 9.17) is 25.7 Å². The molecule has 0 aliphatic carbocycles. The average molecular weight is 439 g/mol. The van der Waals surface area contributed by atoms with Gasteiger partial charge in [-0.05, 0) is 24.8 Å². The predicted octanol–water partition coefficient (Wildman–Crippen LogP) is 1.45. The Morgan fingerprint density at radius 3 is 2.23 bits per heavy atom. The van der Waals surface area contributed by atoms with Crippen LogP contribution in [0.15, 0.2) is 22.1 Å². The molecule has 2 aliphatic heterocycles. The molecule has 0 aromatic heterocycles. The van der Waals surface area contributed by atoms with Crippen LogP contribution in [0.2, 0.25) is 0 Å². The van der Waals surface area contributed by atoms with Crippen LogP contribution in [0, 0.1) is 5.92 Å². The van der Waals surface area contributed by atoms with Crippen LogP contribution in [-0.4, -0.2) is 58.1 Å². The maximum atomic E-state index is 12.0. The van der Waals surface area contributed by atoms with E-state index in [0.717, 1.165) is 5.56 Å². The summed E-state index contributed by atoms with van der Waals surface area (Å²) in [5.41, 5.74) is 11.9. The quantitative estimate of drug-likeness (QED) is 0.685. The van der Waals surface area contributed by atoms with Crippen molar-refractivity contribution in [2.75, 3.05) is 25.7 Å². The Morgan fingerprint density at radius 1 is 1.10 bits per heavy atom. The molecule has 4 N–H and O–H groups in total. The van der Waals surface area contributed by atoms with Crippen LogP contribution in [0.4, 0.5) is 0 Å². The molecule has 0 saturated carbocycles. The third kappa shape index (κ3) is 4.24. The number of benzene rings is 1. The van der Waals surface area contributed by atoms with E-state index < -0.39 is 21.7 Å². The maximum absolute atomic E-state index is 12.0. The van der Waals surface area contributed by atoms with Crippen LogP contribution >= 0.6 is 0 Å². The Balaban J connectivity index is 2.09. The Hall–Kier alpha value is -2.33. The SMILES string of the molecule is COc1cc(OC2(C3CCS(=O)(=O)CC3)C=NC(N)N=C2N)c(C(C)C)cc1OC. The van der Waals surface area contributed by atoms with Crippen molar-refractivity contribution >= 4 is 21.9 Å². The van der Waals surface area contributed by atoms with Gasteiger partial charge in [-0.15, -0.1) is 0 Å². The first-order chi connectivity index (χ1) is 14.1. The fourth-order valence-electron chi connectivity index (χ4n) is 3.92. The van der Waals surface area contributed by atoms with E-state index in [1.54, 1.807) is 26.5 Å². The average Bonchev–Trinajstić information content (AvgIpc) is 2.69. The summed E-state index contributed by atoms with van der Waals surface area (Å²) in [5, 5.41) is 0. The molecule has 3 rings (SSSR count). The number of rotatable bonds is 6. The first kappa shape index (κ1) is 22.4.